The summed E-state index contributed by atoms with van der Waals surface area (Å²) >= 11 is 0. The summed E-state index contributed by atoms with van der Waals surface area (Å²) in [5.41, 5.74) is 1.99. The van der Waals surface area contributed by atoms with Crippen LogP contribution in [0.1, 0.15) is 34.6 Å². The first-order chi connectivity index (χ1) is 19.4. The van der Waals surface area contributed by atoms with Gasteiger partial charge in [-0.1, -0.05) is 37.3 Å². The summed E-state index contributed by atoms with van der Waals surface area (Å²) in [6.45, 7) is 3.64. The number of hydrogen-bond acceptors (Lipinski definition) is 7. The number of carbonyl (C=O) groups excluding carboxylic acids is 2. The molecule has 3 aromatic rings. The molecule has 4 rings (SSSR count). The van der Waals surface area contributed by atoms with Gasteiger partial charge in [0.05, 0.1) is 24.1 Å². The fraction of sp³-hybridized carbons (Fsp3) is 0.367. The molecule has 0 radical (unpaired) electrons. The molecule has 10 nitrogen and oxygen atoms in total. The van der Waals surface area contributed by atoms with Gasteiger partial charge >= 0.3 is 0 Å². The molecule has 1 aliphatic heterocycles. The van der Waals surface area contributed by atoms with Crippen molar-refractivity contribution in [1.29, 1.82) is 0 Å². The zero-order valence-corrected chi connectivity index (χ0v) is 24.7. The van der Waals surface area contributed by atoms with Crippen molar-refractivity contribution in [2.24, 2.45) is 5.92 Å². The zero-order chi connectivity index (χ0) is 29.9. The maximum Gasteiger partial charge on any atom is 0.259 e. The van der Waals surface area contributed by atoms with Gasteiger partial charge in [-0.05, 0) is 42.8 Å². The Labute approximate surface area is 241 Å². The molecule has 3 atom stereocenters. The minimum atomic E-state index is -3.78. The van der Waals surface area contributed by atoms with Crippen LogP contribution < -0.4 is 4.74 Å². The van der Waals surface area contributed by atoms with E-state index < -0.39 is 22.2 Å². The average molecular weight is 581 g/mol. The number of benzene rings is 2. The van der Waals surface area contributed by atoms with Gasteiger partial charge in [-0.25, -0.2) is 13.4 Å². The van der Waals surface area contributed by atoms with E-state index in [2.05, 4.69) is 4.98 Å². The van der Waals surface area contributed by atoms with E-state index in [-0.39, 0.29) is 53.8 Å². The van der Waals surface area contributed by atoms with E-state index in [9.17, 15) is 23.1 Å². The zero-order valence-electron chi connectivity index (χ0n) is 23.9. The van der Waals surface area contributed by atoms with Gasteiger partial charge in [-0.2, -0.15) is 4.31 Å². The van der Waals surface area contributed by atoms with Gasteiger partial charge < -0.3 is 19.6 Å². The van der Waals surface area contributed by atoms with E-state index in [1.54, 1.807) is 74.6 Å². The molecule has 0 bridgehead atoms. The van der Waals surface area contributed by atoms with Gasteiger partial charge in [0.15, 0.2) is 0 Å². The number of hydrogen-bond donors (Lipinski definition) is 1. The molecular weight excluding hydrogens is 544 g/mol. The molecule has 0 fully saturated rings. The second kappa shape index (κ2) is 12.4. The third-order valence-corrected chi connectivity index (χ3v) is 9.10. The highest BCUT2D eigenvalue weighted by Gasteiger charge is 2.36. The first-order valence-electron chi connectivity index (χ1n) is 13.4. The topological polar surface area (TPSA) is 120 Å². The number of sulfonamides is 1. The second-order valence-electron chi connectivity index (χ2n) is 10.6. The van der Waals surface area contributed by atoms with E-state index in [0.29, 0.717) is 16.7 Å². The van der Waals surface area contributed by atoms with Crippen molar-refractivity contribution in [3.8, 4) is 17.0 Å². The maximum atomic E-state index is 13.8. The van der Waals surface area contributed by atoms with E-state index in [1.165, 1.54) is 28.4 Å². The molecule has 218 valence electrons. The maximum absolute atomic E-state index is 13.8. The number of nitrogens with zero attached hydrogens (tertiary/aromatic N) is 4. The number of pyridine rings is 1. The molecule has 41 heavy (non-hydrogen) atoms. The third kappa shape index (κ3) is 6.42. The lowest BCUT2D eigenvalue weighted by Crippen LogP contribution is -2.50. The molecule has 2 amide bonds. The highest BCUT2D eigenvalue weighted by Crippen LogP contribution is 2.31. The van der Waals surface area contributed by atoms with Gasteiger partial charge in [-0.3, -0.25) is 9.59 Å². The van der Waals surface area contributed by atoms with E-state index in [4.69, 9.17) is 4.74 Å². The Hall–Kier alpha value is -3.80. The largest absolute Gasteiger partial charge is 0.472 e. The lowest BCUT2D eigenvalue weighted by molar-refractivity contribution is 0.0373. The minimum Gasteiger partial charge on any atom is -0.472 e. The average Bonchev–Trinajstić information content (AvgIpc) is 2.98. The van der Waals surface area contributed by atoms with Gasteiger partial charge in [0.1, 0.15) is 11.7 Å². The summed E-state index contributed by atoms with van der Waals surface area (Å²) < 4.78 is 34.0. The second-order valence-corrected chi connectivity index (χ2v) is 12.6. The molecule has 2 aromatic carbocycles. The molecule has 0 aliphatic carbocycles. The summed E-state index contributed by atoms with van der Waals surface area (Å²) in [5.74, 6) is -0.715. The van der Waals surface area contributed by atoms with Crippen LogP contribution in [0.15, 0.2) is 71.8 Å². The number of likely N-dealkylation sites (N-methyl/N-ethyl adjacent to an activating group) is 1. The van der Waals surface area contributed by atoms with Crippen molar-refractivity contribution in [1.82, 2.24) is 19.1 Å². The van der Waals surface area contributed by atoms with Crippen LogP contribution in [0.5, 0.6) is 5.88 Å². The Bertz CT molecular complexity index is 1510. The normalized spacial score (nSPS) is 18.2. The number of aliphatic hydroxyl groups is 1. The van der Waals surface area contributed by atoms with Gasteiger partial charge in [0.2, 0.25) is 15.9 Å². The molecule has 0 spiro atoms. The molecule has 1 aliphatic rings. The van der Waals surface area contributed by atoms with Crippen LogP contribution in [0.2, 0.25) is 0 Å². The standard InChI is InChI=1S/C30H36N4O6S/c1-20-17-34(21(2)19-35)30(37)26-15-24(22-10-9-11-23(14-22)29(36)32(3)4)16-31-28(26)40-27(20)18-33(5)41(38,39)25-12-7-6-8-13-25/h6-16,20-21,27,35H,17-19H2,1-5H3/t20-,21-,27-/m0/s1. The Morgan fingerprint density at radius 3 is 2.46 bits per heavy atom. The van der Waals surface area contributed by atoms with Crippen LogP contribution in [0.25, 0.3) is 11.1 Å². The Morgan fingerprint density at radius 1 is 1.10 bits per heavy atom. The van der Waals surface area contributed by atoms with Gasteiger partial charge in [-0.15, -0.1) is 0 Å². The van der Waals surface area contributed by atoms with Crippen molar-refractivity contribution in [2.45, 2.75) is 30.9 Å². The Kier molecular flexibility index (Phi) is 9.11. The minimum absolute atomic E-state index is 0.0193. The number of amides is 2. The Morgan fingerprint density at radius 2 is 1.80 bits per heavy atom. The summed E-state index contributed by atoms with van der Waals surface area (Å²) in [4.78, 5) is 34.0. The number of fused-ring (bicyclic) bond motifs is 1. The third-order valence-electron chi connectivity index (χ3n) is 7.26. The summed E-state index contributed by atoms with van der Waals surface area (Å²) in [7, 11) is 1.06. The fourth-order valence-corrected chi connectivity index (χ4v) is 5.90. The highest BCUT2D eigenvalue weighted by atomic mass is 32.2. The number of aromatic nitrogens is 1. The van der Waals surface area contributed by atoms with Crippen molar-refractivity contribution in [2.75, 3.05) is 40.8 Å². The van der Waals surface area contributed by atoms with Crippen molar-refractivity contribution < 1.29 is 27.9 Å². The van der Waals surface area contributed by atoms with Crippen LogP contribution in [-0.4, -0.2) is 97.4 Å². The summed E-state index contributed by atoms with van der Waals surface area (Å²) in [6.07, 6.45) is 0.928. The predicted octanol–water partition coefficient (Wildman–Crippen LogP) is 2.99. The summed E-state index contributed by atoms with van der Waals surface area (Å²) in [5, 5.41) is 9.94. The van der Waals surface area contributed by atoms with Crippen LogP contribution in [0.4, 0.5) is 0 Å². The van der Waals surface area contributed by atoms with Gasteiger partial charge in [0.25, 0.3) is 11.8 Å². The highest BCUT2D eigenvalue weighted by molar-refractivity contribution is 7.89. The fourth-order valence-electron chi connectivity index (χ4n) is 4.69. The first-order valence-corrected chi connectivity index (χ1v) is 14.8. The van der Waals surface area contributed by atoms with Crippen LogP contribution >= 0.6 is 0 Å². The quantitative estimate of drug-likeness (QED) is 0.435. The van der Waals surface area contributed by atoms with Gasteiger partial charge in [0, 0.05) is 50.9 Å². The molecule has 0 saturated carbocycles. The lowest BCUT2D eigenvalue weighted by Gasteiger charge is -2.37. The van der Waals surface area contributed by atoms with Crippen LogP contribution in [0, 0.1) is 5.92 Å². The SMILES string of the molecule is C[C@H]1CN([C@@H](C)CO)C(=O)c2cc(-c3cccc(C(=O)N(C)C)c3)cnc2O[C@H]1CN(C)S(=O)(=O)c1ccccc1. The van der Waals surface area contributed by atoms with Crippen LogP contribution in [-0.2, 0) is 10.0 Å². The van der Waals surface area contributed by atoms with Crippen molar-refractivity contribution in [3.05, 3.63) is 78.0 Å². The molecule has 0 saturated heterocycles. The number of ether oxygens (including phenoxy) is 1. The number of aliphatic hydroxyl groups excluding tert-OH is 1. The van der Waals surface area contributed by atoms with Crippen molar-refractivity contribution >= 4 is 21.8 Å². The molecule has 1 aromatic heterocycles. The van der Waals surface area contributed by atoms with Crippen LogP contribution in [0.3, 0.4) is 0 Å². The predicted molar refractivity (Wildman–Crippen MR) is 155 cm³/mol. The molecule has 2 heterocycles. The van der Waals surface area contributed by atoms with Crippen molar-refractivity contribution in [3.63, 3.8) is 0 Å². The molecule has 11 heteroatoms. The first kappa shape index (κ1) is 30.2. The molecular formula is C30H36N4O6S. The summed E-state index contributed by atoms with van der Waals surface area (Å²) in [6, 6.07) is 16.4. The van der Waals surface area contributed by atoms with E-state index >= 15 is 0 Å². The van der Waals surface area contributed by atoms with E-state index in [0.717, 1.165) is 0 Å². The molecule has 1 N–H and O–H groups in total. The smallest absolute Gasteiger partial charge is 0.259 e. The number of carbonyl (C=O) groups is 2. The van der Waals surface area contributed by atoms with E-state index in [1.807, 2.05) is 13.0 Å². The molecule has 0 unspecified atom stereocenters. The lowest BCUT2D eigenvalue weighted by atomic mass is 9.99. The number of rotatable bonds is 8. The Balaban J connectivity index is 1.73. The monoisotopic (exact) mass is 580 g/mol.